The molecule has 0 unspecified atom stereocenters. The van der Waals surface area contributed by atoms with Gasteiger partial charge in [0, 0.05) is 22.0 Å². The highest BCUT2D eigenvalue weighted by Gasteiger charge is 2.31. The third kappa shape index (κ3) is 3.70. The molecule has 1 fully saturated rings. The van der Waals surface area contributed by atoms with Crippen LogP contribution in [0, 0.1) is 5.92 Å². The predicted octanol–water partition coefficient (Wildman–Crippen LogP) is 3.88. The van der Waals surface area contributed by atoms with Gasteiger partial charge >= 0.3 is 0 Å². The molecule has 0 radical (unpaired) electrons. The Hall–Kier alpha value is -1.52. The number of rotatable bonds is 3. The molecule has 4 nitrogen and oxygen atoms in total. The number of H-pyrrole nitrogens is 1. The molecule has 0 atom stereocenters. The first kappa shape index (κ1) is 16.3. The number of hydrogen-bond donors (Lipinski definition) is 3. The molecule has 1 saturated carbocycles. The van der Waals surface area contributed by atoms with E-state index in [2.05, 4.69) is 10.3 Å². The van der Waals surface area contributed by atoms with Crippen LogP contribution in [0.1, 0.15) is 50.0 Å². The number of hydrogen-bond acceptors (Lipinski definition) is 2. The first-order valence-corrected chi connectivity index (χ1v) is 8.52. The van der Waals surface area contributed by atoms with Gasteiger partial charge in [-0.2, -0.15) is 0 Å². The van der Waals surface area contributed by atoms with Crippen molar-refractivity contribution < 1.29 is 9.90 Å². The van der Waals surface area contributed by atoms with Gasteiger partial charge in [-0.15, -0.1) is 0 Å². The molecular weight excluding hydrogens is 312 g/mol. The van der Waals surface area contributed by atoms with Gasteiger partial charge in [-0.3, -0.25) is 4.79 Å². The van der Waals surface area contributed by atoms with E-state index in [1.165, 1.54) is 0 Å². The monoisotopic (exact) mass is 334 g/mol. The minimum absolute atomic E-state index is 0.0796. The highest BCUT2D eigenvalue weighted by Crippen LogP contribution is 2.32. The first-order chi connectivity index (χ1) is 10.8. The van der Waals surface area contributed by atoms with E-state index in [-0.39, 0.29) is 11.9 Å². The van der Waals surface area contributed by atoms with Gasteiger partial charge in [-0.1, -0.05) is 11.6 Å². The van der Waals surface area contributed by atoms with Gasteiger partial charge in [0.2, 0.25) is 0 Å². The second-order valence-electron chi connectivity index (χ2n) is 7.09. The van der Waals surface area contributed by atoms with Crippen molar-refractivity contribution in [1.82, 2.24) is 10.3 Å². The van der Waals surface area contributed by atoms with Crippen LogP contribution in [-0.4, -0.2) is 27.6 Å². The molecule has 23 heavy (non-hydrogen) atoms. The average Bonchev–Trinajstić information content (AvgIpc) is 2.90. The van der Waals surface area contributed by atoms with Crippen molar-refractivity contribution in [3.05, 3.63) is 35.0 Å². The van der Waals surface area contributed by atoms with Crippen LogP contribution < -0.4 is 5.32 Å². The fourth-order valence-electron chi connectivity index (χ4n) is 3.43. The van der Waals surface area contributed by atoms with Crippen LogP contribution in [-0.2, 0) is 0 Å². The largest absolute Gasteiger partial charge is 0.390 e. The number of carbonyl (C=O) groups is 1. The highest BCUT2D eigenvalue weighted by molar-refractivity contribution is 6.31. The van der Waals surface area contributed by atoms with E-state index >= 15 is 0 Å². The summed E-state index contributed by atoms with van der Waals surface area (Å²) in [7, 11) is 0. The predicted molar refractivity (Wildman–Crippen MR) is 92.8 cm³/mol. The molecule has 1 aliphatic carbocycles. The Bertz CT molecular complexity index is 709. The summed E-state index contributed by atoms with van der Waals surface area (Å²) in [6, 6.07) is 7.54. The summed E-state index contributed by atoms with van der Waals surface area (Å²) >= 11 is 5.98. The lowest BCUT2D eigenvalue weighted by molar-refractivity contribution is -0.00258. The van der Waals surface area contributed by atoms with Crippen LogP contribution in [0.4, 0.5) is 0 Å². The number of aromatic amines is 1. The minimum atomic E-state index is -0.634. The van der Waals surface area contributed by atoms with E-state index in [4.69, 9.17) is 11.6 Å². The number of fused-ring (bicyclic) bond motifs is 1. The lowest BCUT2D eigenvalue weighted by Gasteiger charge is -2.36. The SMILES string of the molecule is CC(C)(O)[C@H]1CC[C@H](NC(=O)c2cc3cc(Cl)ccc3[nH]2)CC1. The molecule has 1 aliphatic rings. The van der Waals surface area contributed by atoms with Crippen molar-refractivity contribution in [3.63, 3.8) is 0 Å². The Morgan fingerprint density at radius 1 is 1.26 bits per heavy atom. The lowest BCUT2D eigenvalue weighted by Crippen LogP contribution is -2.41. The van der Waals surface area contributed by atoms with E-state index in [1.807, 2.05) is 32.0 Å². The summed E-state index contributed by atoms with van der Waals surface area (Å²) in [5.74, 6) is 0.231. The molecule has 124 valence electrons. The van der Waals surface area contributed by atoms with Crippen LogP contribution in [0.25, 0.3) is 10.9 Å². The van der Waals surface area contributed by atoms with E-state index in [0.29, 0.717) is 16.6 Å². The molecule has 0 saturated heterocycles. The molecule has 0 spiro atoms. The van der Waals surface area contributed by atoms with Gasteiger partial charge in [0.15, 0.2) is 0 Å². The maximum absolute atomic E-state index is 12.4. The number of aliphatic hydroxyl groups is 1. The van der Waals surface area contributed by atoms with Crippen LogP contribution in [0.5, 0.6) is 0 Å². The van der Waals surface area contributed by atoms with Crippen LogP contribution in [0.15, 0.2) is 24.3 Å². The molecule has 0 aliphatic heterocycles. The van der Waals surface area contributed by atoms with Gasteiger partial charge in [0.25, 0.3) is 5.91 Å². The van der Waals surface area contributed by atoms with Gasteiger partial charge in [0.1, 0.15) is 5.69 Å². The number of amides is 1. The molecule has 5 heteroatoms. The maximum atomic E-state index is 12.4. The molecule has 1 heterocycles. The summed E-state index contributed by atoms with van der Waals surface area (Å²) in [6.45, 7) is 3.73. The molecule has 2 aromatic rings. The van der Waals surface area contributed by atoms with Crippen molar-refractivity contribution in [1.29, 1.82) is 0 Å². The Kier molecular flexibility index (Phi) is 4.39. The Morgan fingerprint density at radius 2 is 1.96 bits per heavy atom. The second-order valence-corrected chi connectivity index (χ2v) is 7.53. The van der Waals surface area contributed by atoms with Gasteiger partial charge in [0.05, 0.1) is 5.60 Å². The molecule has 0 bridgehead atoms. The van der Waals surface area contributed by atoms with E-state index in [0.717, 1.165) is 36.6 Å². The van der Waals surface area contributed by atoms with Crippen molar-refractivity contribution in [2.24, 2.45) is 5.92 Å². The standard InChI is InChI=1S/C18H23ClN2O2/c1-18(2,23)12-3-6-14(7-4-12)20-17(22)16-10-11-9-13(19)5-8-15(11)21-16/h5,8-10,12,14,21,23H,3-4,6-7H2,1-2H3,(H,20,22)/t12-,14-. The molecular formula is C18H23ClN2O2. The lowest BCUT2D eigenvalue weighted by atomic mass is 9.77. The zero-order valence-corrected chi connectivity index (χ0v) is 14.3. The van der Waals surface area contributed by atoms with Crippen LogP contribution >= 0.6 is 11.6 Å². The van der Waals surface area contributed by atoms with Crippen molar-refractivity contribution in [2.75, 3.05) is 0 Å². The van der Waals surface area contributed by atoms with Crippen molar-refractivity contribution in [3.8, 4) is 0 Å². The Balaban J connectivity index is 1.63. The van der Waals surface area contributed by atoms with Gasteiger partial charge in [-0.25, -0.2) is 0 Å². The van der Waals surface area contributed by atoms with E-state index in [1.54, 1.807) is 6.07 Å². The van der Waals surface area contributed by atoms with E-state index in [9.17, 15) is 9.90 Å². The van der Waals surface area contributed by atoms with Crippen LogP contribution in [0.2, 0.25) is 5.02 Å². The third-order valence-electron chi connectivity index (χ3n) is 4.89. The minimum Gasteiger partial charge on any atom is -0.390 e. The van der Waals surface area contributed by atoms with Crippen molar-refractivity contribution in [2.45, 2.75) is 51.2 Å². The number of nitrogens with one attached hydrogen (secondary N) is 2. The molecule has 1 aromatic heterocycles. The Labute approximate surface area is 141 Å². The zero-order chi connectivity index (χ0) is 16.6. The average molecular weight is 335 g/mol. The first-order valence-electron chi connectivity index (χ1n) is 8.14. The summed E-state index contributed by atoms with van der Waals surface area (Å²) in [6.07, 6.45) is 3.70. The number of carbonyl (C=O) groups excluding carboxylic acids is 1. The van der Waals surface area contributed by atoms with Crippen molar-refractivity contribution >= 4 is 28.4 Å². The van der Waals surface area contributed by atoms with Gasteiger partial charge < -0.3 is 15.4 Å². The zero-order valence-electron chi connectivity index (χ0n) is 13.5. The third-order valence-corrected chi connectivity index (χ3v) is 5.12. The number of benzene rings is 1. The highest BCUT2D eigenvalue weighted by atomic mass is 35.5. The smallest absolute Gasteiger partial charge is 0.267 e. The molecule has 3 rings (SSSR count). The summed E-state index contributed by atoms with van der Waals surface area (Å²) < 4.78 is 0. The van der Waals surface area contributed by atoms with E-state index < -0.39 is 5.60 Å². The quantitative estimate of drug-likeness (QED) is 0.797. The summed E-state index contributed by atoms with van der Waals surface area (Å²) in [5, 5.41) is 14.8. The maximum Gasteiger partial charge on any atom is 0.267 e. The molecule has 1 amide bonds. The molecule has 3 N–H and O–H groups in total. The fourth-order valence-corrected chi connectivity index (χ4v) is 3.61. The summed E-state index contributed by atoms with van der Waals surface area (Å²) in [4.78, 5) is 15.6. The molecule has 1 aromatic carbocycles. The van der Waals surface area contributed by atoms with Gasteiger partial charge in [-0.05, 0) is 69.7 Å². The topological polar surface area (TPSA) is 65.1 Å². The number of aromatic nitrogens is 1. The normalized spacial score (nSPS) is 22.3. The Morgan fingerprint density at radius 3 is 2.61 bits per heavy atom. The van der Waals surface area contributed by atoms with Crippen LogP contribution in [0.3, 0.4) is 0 Å². The second kappa shape index (κ2) is 6.17. The number of halogens is 1. The fraction of sp³-hybridized carbons (Fsp3) is 0.500. The summed E-state index contributed by atoms with van der Waals surface area (Å²) in [5.41, 5.74) is 0.836.